The lowest BCUT2D eigenvalue weighted by Gasteiger charge is -2.23. The van der Waals surface area contributed by atoms with Crippen molar-refractivity contribution in [2.75, 3.05) is 13.2 Å². The molecule has 1 unspecified atom stereocenters. The van der Waals surface area contributed by atoms with E-state index in [0.717, 1.165) is 12.8 Å². The van der Waals surface area contributed by atoms with E-state index in [0.29, 0.717) is 17.7 Å². The average molecular weight is 398 g/mol. The molecule has 9 heteroatoms. The van der Waals surface area contributed by atoms with E-state index < -0.39 is 15.9 Å². The number of carbonyl (C=O) groups excluding carboxylic acids is 1. The van der Waals surface area contributed by atoms with Gasteiger partial charge in [-0.15, -0.1) is 0 Å². The topological polar surface area (TPSA) is 98.5 Å². The van der Waals surface area contributed by atoms with Crippen LogP contribution in [0.3, 0.4) is 0 Å². The summed E-state index contributed by atoms with van der Waals surface area (Å²) in [6.45, 7) is 1.11. The molecule has 0 bridgehead atoms. The molecule has 3 N–H and O–H groups in total. The van der Waals surface area contributed by atoms with Gasteiger partial charge in [0, 0.05) is 11.1 Å². The lowest BCUT2D eigenvalue weighted by atomic mass is 10.1. The molecule has 1 aliphatic rings. The van der Waals surface area contributed by atoms with Crippen LogP contribution in [0.1, 0.15) is 23.2 Å². The van der Waals surface area contributed by atoms with Gasteiger partial charge in [0.15, 0.2) is 0 Å². The third kappa shape index (κ3) is 4.17. The third-order valence-corrected chi connectivity index (χ3v) is 5.22. The number of primary sulfonamides is 1. The Morgan fingerprint density at radius 3 is 2.76 bits per heavy atom. The van der Waals surface area contributed by atoms with Gasteiger partial charge in [-0.25, -0.2) is 13.6 Å². The molecule has 1 aliphatic heterocycles. The molecule has 21 heavy (non-hydrogen) atoms. The van der Waals surface area contributed by atoms with Crippen LogP contribution in [0.25, 0.3) is 0 Å². The van der Waals surface area contributed by atoms with Gasteiger partial charge in [-0.2, -0.15) is 0 Å². The fourth-order valence-electron chi connectivity index (χ4n) is 2.01. The minimum Gasteiger partial charge on any atom is -0.379 e. The number of ether oxygens (including phenoxy) is 1. The first-order chi connectivity index (χ1) is 9.79. The van der Waals surface area contributed by atoms with Gasteiger partial charge in [-0.05, 0) is 40.9 Å². The number of nitrogens with one attached hydrogen (secondary N) is 1. The summed E-state index contributed by atoms with van der Waals surface area (Å²) in [6.07, 6.45) is 1.67. The van der Waals surface area contributed by atoms with Crippen LogP contribution in [0.15, 0.2) is 21.5 Å². The SMILES string of the molecule is NS(=O)(=O)c1cc(Br)c(Cl)c(C(=O)NC2CCCOC2)c1. The van der Waals surface area contributed by atoms with Crippen molar-refractivity contribution in [2.24, 2.45) is 5.14 Å². The van der Waals surface area contributed by atoms with Crippen molar-refractivity contribution >= 4 is 43.5 Å². The zero-order valence-electron chi connectivity index (χ0n) is 10.9. The Morgan fingerprint density at radius 2 is 2.19 bits per heavy atom. The molecule has 0 aromatic heterocycles. The van der Waals surface area contributed by atoms with Crippen LogP contribution in [-0.2, 0) is 14.8 Å². The first kappa shape index (κ1) is 16.7. The van der Waals surface area contributed by atoms with Gasteiger partial charge in [-0.3, -0.25) is 4.79 Å². The first-order valence-electron chi connectivity index (χ1n) is 6.19. The second-order valence-corrected chi connectivity index (χ2v) is 7.49. The van der Waals surface area contributed by atoms with E-state index in [1.165, 1.54) is 12.1 Å². The summed E-state index contributed by atoms with van der Waals surface area (Å²) in [4.78, 5) is 12.1. The van der Waals surface area contributed by atoms with E-state index in [2.05, 4.69) is 21.2 Å². The van der Waals surface area contributed by atoms with Crippen molar-refractivity contribution in [3.05, 3.63) is 27.2 Å². The van der Waals surface area contributed by atoms with E-state index in [9.17, 15) is 13.2 Å². The second-order valence-electron chi connectivity index (χ2n) is 4.70. The standard InChI is InChI=1S/C12H14BrClN2O4S/c13-10-5-8(21(15,18)19)4-9(11(10)14)12(17)16-7-2-1-3-20-6-7/h4-5,7H,1-3,6H2,(H,16,17)(H2,15,18,19). The molecule has 1 atom stereocenters. The number of hydrogen-bond acceptors (Lipinski definition) is 4. The molecule has 0 radical (unpaired) electrons. The highest BCUT2D eigenvalue weighted by Gasteiger charge is 2.22. The predicted molar refractivity (Wildman–Crippen MR) is 81.8 cm³/mol. The van der Waals surface area contributed by atoms with Crippen LogP contribution >= 0.6 is 27.5 Å². The molecule has 0 aliphatic carbocycles. The van der Waals surface area contributed by atoms with Gasteiger partial charge < -0.3 is 10.1 Å². The second kappa shape index (κ2) is 6.62. The van der Waals surface area contributed by atoms with E-state index in [-0.39, 0.29) is 21.5 Å². The summed E-state index contributed by atoms with van der Waals surface area (Å²) >= 11 is 9.18. The summed E-state index contributed by atoms with van der Waals surface area (Å²) in [5.41, 5.74) is 0.0561. The van der Waals surface area contributed by atoms with Crippen LogP contribution < -0.4 is 10.5 Å². The maximum Gasteiger partial charge on any atom is 0.253 e. The monoisotopic (exact) mass is 396 g/mol. The normalized spacial score (nSPS) is 19.3. The zero-order chi connectivity index (χ0) is 15.6. The number of sulfonamides is 1. The van der Waals surface area contributed by atoms with Crippen LogP contribution in [0.5, 0.6) is 0 Å². The lowest BCUT2D eigenvalue weighted by molar-refractivity contribution is 0.0624. The molecule has 1 amide bonds. The largest absolute Gasteiger partial charge is 0.379 e. The minimum absolute atomic E-state index is 0.0561. The molecular weight excluding hydrogens is 384 g/mol. The van der Waals surface area contributed by atoms with Crippen molar-refractivity contribution in [3.8, 4) is 0 Å². The smallest absolute Gasteiger partial charge is 0.253 e. The summed E-state index contributed by atoms with van der Waals surface area (Å²) in [6, 6.07) is 2.32. The number of rotatable bonds is 3. The van der Waals surface area contributed by atoms with E-state index >= 15 is 0 Å². The lowest BCUT2D eigenvalue weighted by Crippen LogP contribution is -2.40. The molecule has 1 aromatic carbocycles. The Kier molecular flexibility index (Phi) is 5.26. The molecule has 1 saturated heterocycles. The number of nitrogens with two attached hydrogens (primary N) is 1. The van der Waals surface area contributed by atoms with Crippen LogP contribution in [-0.4, -0.2) is 33.6 Å². The van der Waals surface area contributed by atoms with Gasteiger partial charge in [0.1, 0.15) is 0 Å². The minimum atomic E-state index is -3.92. The van der Waals surface area contributed by atoms with E-state index in [1.807, 2.05) is 0 Å². The van der Waals surface area contributed by atoms with Gasteiger partial charge in [0.2, 0.25) is 10.0 Å². The molecule has 1 aromatic rings. The quantitative estimate of drug-likeness (QED) is 0.810. The Labute approximate surface area is 136 Å². The van der Waals surface area contributed by atoms with Gasteiger partial charge in [0.05, 0.1) is 28.1 Å². The number of carbonyl (C=O) groups is 1. The summed E-state index contributed by atoms with van der Waals surface area (Å²) in [7, 11) is -3.92. The summed E-state index contributed by atoms with van der Waals surface area (Å²) < 4.78 is 28.4. The number of amides is 1. The van der Waals surface area contributed by atoms with E-state index in [4.69, 9.17) is 21.5 Å². The maximum atomic E-state index is 12.3. The highest BCUT2D eigenvalue weighted by atomic mass is 79.9. The molecule has 116 valence electrons. The molecule has 0 saturated carbocycles. The van der Waals surface area contributed by atoms with E-state index in [1.54, 1.807) is 0 Å². The molecule has 1 fully saturated rings. The average Bonchev–Trinajstić information content (AvgIpc) is 2.41. The van der Waals surface area contributed by atoms with Crippen LogP contribution in [0, 0.1) is 0 Å². The fourth-order valence-corrected chi connectivity index (χ4v) is 3.38. The maximum absolute atomic E-state index is 12.3. The van der Waals surface area contributed by atoms with Gasteiger partial charge in [-0.1, -0.05) is 11.6 Å². The highest BCUT2D eigenvalue weighted by molar-refractivity contribution is 9.10. The van der Waals surface area contributed by atoms with Crippen molar-refractivity contribution in [3.63, 3.8) is 0 Å². The van der Waals surface area contributed by atoms with Crippen molar-refractivity contribution < 1.29 is 17.9 Å². The number of hydrogen-bond donors (Lipinski definition) is 2. The molecule has 1 heterocycles. The Morgan fingerprint density at radius 1 is 1.48 bits per heavy atom. The molecule has 6 nitrogen and oxygen atoms in total. The number of benzene rings is 1. The predicted octanol–water partition coefficient (Wildman–Crippen LogP) is 1.66. The van der Waals surface area contributed by atoms with Gasteiger partial charge in [0.25, 0.3) is 5.91 Å². The van der Waals surface area contributed by atoms with Crippen molar-refractivity contribution in [1.29, 1.82) is 0 Å². The summed E-state index contributed by atoms with van der Waals surface area (Å²) in [5.74, 6) is -0.457. The van der Waals surface area contributed by atoms with Crippen LogP contribution in [0.2, 0.25) is 5.02 Å². The van der Waals surface area contributed by atoms with Crippen LogP contribution in [0.4, 0.5) is 0 Å². The first-order valence-corrected chi connectivity index (χ1v) is 8.91. The van der Waals surface area contributed by atoms with Crippen molar-refractivity contribution in [2.45, 2.75) is 23.8 Å². The molecule has 0 spiro atoms. The Balaban J connectivity index is 2.29. The Hall–Kier alpha value is -0.670. The van der Waals surface area contributed by atoms with Crippen molar-refractivity contribution in [1.82, 2.24) is 5.32 Å². The van der Waals surface area contributed by atoms with Gasteiger partial charge >= 0.3 is 0 Å². The molecular formula is C12H14BrClN2O4S. The third-order valence-electron chi connectivity index (χ3n) is 3.07. The number of halogens is 2. The fraction of sp³-hybridized carbons (Fsp3) is 0.417. The zero-order valence-corrected chi connectivity index (χ0v) is 14.1. The Bertz CT molecular complexity index is 659. The molecule has 2 rings (SSSR count). The summed E-state index contributed by atoms with van der Waals surface area (Å²) in [5, 5.41) is 8.00. The highest BCUT2D eigenvalue weighted by Crippen LogP contribution is 2.29.